The zero-order valence-electron chi connectivity index (χ0n) is 19.3. The molecule has 170 valence electrons. The van der Waals surface area contributed by atoms with Crippen molar-refractivity contribution >= 4 is 70.2 Å². The van der Waals surface area contributed by atoms with Crippen LogP contribution in [0.2, 0.25) is 0 Å². The fraction of sp³-hybridized carbons (Fsp3) is 0.0625. The van der Waals surface area contributed by atoms with E-state index in [0.29, 0.717) is 0 Å². The van der Waals surface area contributed by atoms with Gasteiger partial charge in [0.2, 0.25) is 0 Å². The van der Waals surface area contributed by atoms with Crippen molar-refractivity contribution < 1.29 is 0 Å². The van der Waals surface area contributed by atoms with E-state index in [1.54, 1.807) is 0 Å². The molecular weight excluding hydrogens is 458 g/mol. The first-order chi connectivity index (χ1) is 17.9. The summed E-state index contributed by atoms with van der Waals surface area (Å²) in [5.41, 5.74) is 6.37. The van der Waals surface area contributed by atoms with Crippen molar-refractivity contribution in [1.82, 2.24) is 4.40 Å². The summed E-state index contributed by atoms with van der Waals surface area (Å²) in [5.74, 6) is 1.17. The Morgan fingerprint density at radius 1 is 0.667 bits per heavy atom. The van der Waals surface area contributed by atoms with Gasteiger partial charge in [-0.05, 0) is 23.3 Å². The van der Waals surface area contributed by atoms with Gasteiger partial charge in [0.25, 0.3) is 0 Å². The van der Waals surface area contributed by atoms with E-state index in [1.165, 1.54) is 70.0 Å². The molecule has 4 aromatic carbocycles. The SMILES string of the molecule is C1=CC2Nc3c(n4c5ccccc5c5cc6c7cccc(-c8ccccc8)c7sc6c3c54)NC2C=C1. The summed E-state index contributed by atoms with van der Waals surface area (Å²) in [6.07, 6.45) is 8.81. The Labute approximate surface area is 211 Å². The molecular formula is C32H21N3S. The predicted octanol–water partition coefficient (Wildman–Crippen LogP) is 8.42. The highest BCUT2D eigenvalue weighted by molar-refractivity contribution is 7.27. The highest BCUT2D eigenvalue weighted by Gasteiger charge is 2.33. The molecule has 2 N–H and O–H groups in total. The van der Waals surface area contributed by atoms with Crippen molar-refractivity contribution in [1.29, 1.82) is 0 Å². The molecule has 0 radical (unpaired) electrons. The molecule has 0 bridgehead atoms. The summed E-state index contributed by atoms with van der Waals surface area (Å²) >= 11 is 1.93. The molecule has 4 heteroatoms. The number of benzene rings is 4. The lowest BCUT2D eigenvalue weighted by Crippen LogP contribution is -2.41. The van der Waals surface area contributed by atoms with Gasteiger partial charge in [-0.2, -0.15) is 0 Å². The highest BCUT2D eigenvalue weighted by Crippen LogP contribution is 2.52. The fourth-order valence-electron chi connectivity index (χ4n) is 6.40. The lowest BCUT2D eigenvalue weighted by molar-refractivity contribution is 0.760. The van der Waals surface area contributed by atoms with Crippen molar-refractivity contribution in [2.75, 3.05) is 10.6 Å². The first-order valence-electron chi connectivity index (χ1n) is 12.5. The predicted molar refractivity (Wildman–Crippen MR) is 155 cm³/mol. The minimum absolute atomic E-state index is 0.238. The van der Waals surface area contributed by atoms with Crippen LogP contribution in [0.3, 0.4) is 0 Å². The summed E-state index contributed by atoms with van der Waals surface area (Å²) in [6.45, 7) is 0. The number of rotatable bonds is 1. The van der Waals surface area contributed by atoms with Gasteiger partial charge in [-0.15, -0.1) is 11.3 Å². The molecule has 1 aliphatic heterocycles. The van der Waals surface area contributed by atoms with Gasteiger partial charge in [0.05, 0.1) is 28.8 Å². The summed E-state index contributed by atoms with van der Waals surface area (Å²) in [6, 6.07) is 29.3. The molecule has 3 nitrogen and oxygen atoms in total. The lowest BCUT2D eigenvalue weighted by Gasteiger charge is -2.33. The molecule has 7 aromatic rings. The maximum absolute atomic E-state index is 3.92. The van der Waals surface area contributed by atoms with Crippen molar-refractivity contribution in [3.8, 4) is 11.1 Å². The largest absolute Gasteiger partial charge is 0.373 e. The Morgan fingerprint density at radius 2 is 1.44 bits per heavy atom. The Hall–Kier alpha value is -4.28. The van der Waals surface area contributed by atoms with Crippen LogP contribution < -0.4 is 10.6 Å². The second-order valence-electron chi connectivity index (χ2n) is 9.86. The Bertz CT molecular complexity index is 2060. The first kappa shape index (κ1) is 19.0. The minimum atomic E-state index is 0.238. The van der Waals surface area contributed by atoms with Crippen LogP contribution in [0.15, 0.2) is 103 Å². The van der Waals surface area contributed by atoms with Crippen LogP contribution in [0.4, 0.5) is 11.5 Å². The van der Waals surface area contributed by atoms with Gasteiger partial charge in [0.15, 0.2) is 0 Å². The Balaban J connectivity index is 1.48. The van der Waals surface area contributed by atoms with Crippen LogP contribution in [0.1, 0.15) is 0 Å². The molecule has 36 heavy (non-hydrogen) atoms. The van der Waals surface area contributed by atoms with Gasteiger partial charge in [-0.3, -0.25) is 4.40 Å². The van der Waals surface area contributed by atoms with Gasteiger partial charge < -0.3 is 10.6 Å². The molecule has 3 aromatic heterocycles. The van der Waals surface area contributed by atoms with Crippen molar-refractivity contribution in [2.24, 2.45) is 0 Å². The van der Waals surface area contributed by atoms with E-state index in [0.717, 1.165) is 0 Å². The quantitative estimate of drug-likeness (QED) is 0.247. The number of nitrogens with one attached hydrogen (secondary N) is 2. The van der Waals surface area contributed by atoms with Crippen molar-refractivity contribution in [3.05, 3.63) is 103 Å². The third-order valence-corrected chi connectivity index (χ3v) is 9.24. The van der Waals surface area contributed by atoms with E-state index in [4.69, 9.17) is 0 Å². The molecule has 2 aliphatic rings. The molecule has 2 atom stereocenters. The fourth-order valence-corrected chi connectivity index (χ4v) is 7.77. The maximum Gasteiger partial charge on any atom is 0.136 e. The molecule has 4 heterocycles. The lowest BCUT2D eigenvalue weighted by atomic mass is 9.98. The summed E-state index contributed by atoms with van der Waals surface area (Å²) in [5, 5.41) is 14.5. The number of fused-ring (bicyclic) bond motifs is 11. The van der Waals surface area contributed by atoms with Crippen LogP contribution >= 0.6 is 11.3 Å². The number of hydrogen-bond acceptors (Lipinski definition) is 3. The van der Waals surface area contributed by atoms with Crippen molar-refractivity contribution in [2.45, 2.75) is 12.1 Å². The summed E-state index contributed by atoms with van der Waals surface area (Å²) in [7, 11) is 0. The first-order valence-corrected chi connectivity index (χ1v) is 13.3. The molecule has 9 rings (SSSR count). The topological polar surface area (TPSA) is 28.5 Å². The molecule has 0 fully saturated rings. The normalized spacial score (nSPS) is 18.8. The number of anilines is 2. The minimum Gasteiger partial charge on any atom is -0.373 e. The van der Waals surface area contributed by atoms with E-state index in [1.807, 2.05) is 11.3 Å². The second kappa shape index (κ2) is 6.68. The zero-order chi connectivity index (χ0) is 23.4. The number of para-hydroxylation sites is 1. The van der Waals surface area contributed by atoms with E-state index in [9.17, 15) is 0 Å². The number of nitrogens with zero attached hydrogens (tertiary/aromatic N) is 1. The number of thiophene rings is 1. The Morgan fingerprint density at radius 3 is 2.33 bits per heavy atom. The van der Waals surface area contributed by atoms with Crippen LogP contribution in [0.25, 0.3) is 58.5 Å². The van der Waals surface area contributed by atoms with E-state index in [-0.39, 0.29) is 12.1 Å². The number of allylic oxidation sites excluding steroid dienone is 2. The maximum atomic E-state index is 3.92. The molecule has 0 amide bonds. The van der Waals surface area contributed by atoms with Gasteiger partial charge in [0.1, 0.15) is 5.82 Å². The smallest absolute Gasteiger partial charge is 0.136 e. The molecule has 1 aliphatic carbocycles. The molecule has 0 saturated carbocycles. The van der Waals surface area contributed by atoms with E-state index < -0.39 is 0 Å². The molecule has 2 unspecified atom stereocenters. The monoisotopic (exact) mass is 479 g/mol. The summed E-state index contributed by atoms with van der Waals surface area (Å²) in [4.78, 5) is 0. The van der Waals surface area contributed by atoms with Gasteiger partial charge in [-0.1, -0.05) is 91.0 Å². The van der Waals surface area contributed by atoms with E-state index in [2.05, 4.69) is 118 Å². The van der Waals surface area contributed by atoms with Gasteiger partial charge in [-0.25, -0.2) is 0 Å². The zero-order valence-corrected chi connectivity index (χ0v) is 20.1. The average Bonchev–Trinajstić information content (AvgIpc) is 3.58. The Kier molecular flexibility index (Phi) is 3.52. The van der Waals surface area contributed by atoms with Gasteiger partial charge >= 0.3 is 0 Å². The number of hydrogen-bond donors (Lipinski definition) is 2. The third kappa shape index (κ3) is 2.28. The summed E-state index contributed by atoms with van der Waals surface area (Å²) < 4.78 is 5.17. The third-order valence-electron chi connectivity index (χ3n) is 7.96. The number of aromatic nitrogens is 1. The van der Waals surface area contributed by atoms with E-state index >= 15 is 0 Å². The van der Waals surface area contributed by atoms with Crippen LogP contribution in [0, 0.1) is 0 Å². The second-order valence-corrected chi connectivity index (χ2v) is 10.9. The highest BCUT2D eigenvalue weighted by atomic mass is 32.1. The van der Waals surface area contributed by atoms with Crippen LogP contribution in [-0.4, -0.2) is 16.5 Å². The average molecular weight is 480 g/mol. The molecule has 0 saturated heterocycles. The van der Waals surface area contributed by atoms with Gasteiger partial charge in [0, 0.05) is 36.3 Å². The van der Waals surface area contributed by atoms with Crippen LogP contribution in [0.5, 0.6) is 0 Å². The van der Waals surface area contributed by atoms with Crippen molar-refractivity contribution in [3.63, 3.8) is 0 Å². The molecule has 0 spiro atoms. The van der Waals surface area contributed by atoms with Crippen LogP contribution in [-0.2, 0) is 0 Å². The standard InChI is InChI=1S/C32H21N3S/c1-2-9-18(10-3-1)19-12-8-13-21-23-17-22-20-11-4-7-16-26(20)35-29(22)27(31(23)36-30(19)21)28-32(35)34-25-15-6-5-14-24(25)33-28/h1-17,24-25,33-34H.